The van der Waals surface area contributed by atoms with Gasteiger partial charge >= 0.3 is 12.8 Å². The van der Waals surface area contributed by atoms with Crippen molar-refractivity contribution in [3.8, 4) is 17.0 Å². The standard InChI is InChI=1S/C22H15F5N2O/c23-21(24)30-16-9-4-6-14(12-16)13-29-20(15-7-2-1-3-8-15)17-10-5-11-18(19(17)28-29)22(25,26)27/h1-12,21H,13H2. The molecule has 0 fully saturated rings. The van der Waals surface area contributed by atoms with E-state index >= 15 is 0 Å². The topological polar surface area (TPSA) is 27.1 Å². The van der Waals surface area contributed by atoms with Crippen LogP contribution in [0.5, 0.6) is 5.75 Å². The molecule has 0 atom stereocenters. The molecule has 4 rings (SSSR count). The minimum Gasteiger partial charge on any atom is -0.435 e. The molecule has 0 saturated carbocycles. The number of halogens is 5. The van der Waals surface area contributed by atoms with Crippen molar-refractivity contribution >= 4 is 10.9 Å². The van der Waals surface area contributed by atoms with E-state index in [1.807, 2.05) is 0 Å². The highest BCUT2D eigenvalue weighted by Gasteiger charge is 2.34. The van der Waals surface area contributed by atoms with Gasteiger partial charge in [-0.05, 0) is 23.8 Å². The van der Waals surface area contributed by atoms with E-state index in [2.05, 4.69) is 9.84 Å². The first-order chi connectivity index (χ1) is 14.3. The average molecular weight is 418 g/mol. The van der Waals surface area contributed by atoms with Gasteiger partial charge in [-0.2, -0.15) is 27.1 Å². The normalized spacial score (nSPS) is 11.9. The molecule has 8 heteroatoms. The Labute approximate surface area is 168 Å². The van der Waals surface area contributed by atoms with Crippen LogP contribution in [0.15, 0.2) is 72.8 Å². The van der Waals surface area contributed by atoms with Crippen molar-refractivity contribution < 1.29 is 26.7 Å². The summed E-state index contributed by atoms with van der Waals surface area (Å²) < 4.78 is 71.5. The van der Waals surface area contributed by atoms with Gasteiger partial charge < -0.3 is 4.74 Å². The number of aromatic nitrogens is 2. The number of hydrogen-bond acceptors (Lipinski definition) is 2. The fourth-order valence-corrected chi connectivity index (χ4v) is 3.39. The molecule has 3 nitrogen and oxygen atoms in total. The molecule has 0 saturated heterocycles. The minimum absolute atomic E-state index is 0.0311. The van der Waals surface area contributed by atoms with Crippen LogP contribution in [-0.2, 0) is 12.7 Å². The Balaban J connectivity index is 1.87. The van der Waals surface area contributed by atoms with Gasteiger partial charge in [-0.25, -0.2) is 0 Å². The van der Waals surface area contributed by atoms with E-state index < -0.39 is 18.4 Å². The fourth-order valence-electron chi connectivity index (χ4n) is 3.39. The van der Waals surface area contributed by atoms with Crippen molar-refractivity contribution in [2.45, 2.75) is 19.3 Å². The molecule has 0 radical (unpaired) electrons. The number of nitrogens with zero attached hydrogens (tertiary/aromatic N) is 2. The zero-order valence-corrected chi connectivity index (χ0v) is 15.4. The summed E-state index contributed by atoms with van der Waals surface area (Å²) in [6.45, 7) is -2.89. The second-order valence-electron chi connectivity index (χ2n) is 6.60. The van der Waals surface area contributed by atoms with Gasteiger partial charge in [0.2, 0.25) is 0 Å². The predicted octanol–water partition coefficient (Wildman–Crippen LogP) is 6.37. The van der Waals surface area contributed by atoms with Crippen LogP contribution in [0.2, 0.25) is 0 Å². The van der Waals surface area contributed by atoms with Crippen LogP contribution in [0.3, 0.4) is 0 Å². The lowest BCUT2D eigenvalue weighted by Gasteiger charge is -2.10. The molecule has 1 aromatic heterocycles. The highest BCUT2D eigenvalue weighted by molar-refractivity contribution is 5.95. The zero-order valence-electron chi connectivity index (χ0n) is 15.4. The smallest absolute Gasteiger partial charge is 0.418 e. The Hall–Kier alpha value is -3.42. The molecule has 0 aliphatic heterocycles. The van der Waals surface area contributed by atoms with Crippen LogP contribution < -0.4 is 4.74 Å². The van der Waals surface area contributed by atoms with Crippen molar-refractivity contribution in [2.75, 3.05) is 0 Å². The number of alkyl halides is 5. The number of benzene rings is 3. The first-order valence-corrected chi connectivity index (χ1v) is 8.99. The van der Waals surface area contributed by atoms with Crippen LogP contribution in [-0.4, -0.2) is 16.4 Å². The van der Waals surface area contributed by atoms with E-state index in [-0.39, 0.29) is 17.8 Å². The van der Waals surface area contributed by atoms with Gasteiger partial charge in [-0.15, -0.1) is 0 Å². The molecular formula is C22H15F5N2O. The highest BCUT2D eigenvalue weighted by Crippen LogP contribution is 2.38. The molecule has 3 aromatic carbocycles. The summed E-state index contributed by atoms with van der Waals surface area (Å²) in [7, 11) is 0. The average Bonchev–Trinajstić information content (AvgIpc) is 3.05. The van der Waals surface area contributed by atoms with Gasteiger partial charge in [0.1, 0.15) is 11.3 Å². The SMILES string of the molecule is FC(F)Oc1cccc(Cn2nc3c(C(F)(F)F)cccc3c2-c2ccccc2)c1. The molecule has 0 aliphatic rings. The molecule has 0 aliphatic carbocycles. The van der Waals surface area contributed by atoms with E-state index in [1.54, 1.807) is 48.5 Å². The van der Waals surface area contributed by atoms with E-state index in [4.69, 9.17) is 0 Å². The maximum absolute atomic E-state index is 13.5. The van der Waals surface area contributed by atoms with Crippen LogP contribution in [0, 0.1) is 0 Å². The molecule has 0 spiro atoms. The van der Waals surface area contributed by atoms with Crippen molar-refractivity contribution in [3.63, 3.8) is 0 Å². The third-order valence-electron chi connectivity index (χ3n) is 4.58. The minimum atomic E-state index is -4.56. The number of ether oxygens (including phenoxy) is 1. The van der Waals surface area contributed by atoms with E-state index in [1.165, 1.54) is 22.9 Å². The van der Waals surface area contributed by atoms with Gasteiger partial charge in [0.05, 0.1) is 17.8 Å². The third kappa shape index (κ3) is 3.98. The third-order valence-corrected chi connectivity index (χ3v) is 4.58. The Kier molecular flexibility index (Phi) is 5.15. The zero-order chi connectivity index (χ0) is 21.3. The van der Waals surface area contributed by atoms with Crippen LogP contribution >= 0.6 is 0 Å². The van der Waals surface area contributed by atoms with Gasteiger partial charge in [0.15, 0.2) is 0 Å². The molecular weight excluding hydrogens is 403 g/mol. The Morgan fingerprint density at radius 1 is 0.900 bits per heavy atom. The summed E-state index contributed by atoms with van der Waals surface area (Å²) in [5.74, 6) is -0.0311. The van der Waals surface area contributed by atoms with E-state index in [0.29, 0.717) is 22.2 Å². The summed E-state index contributed by atoms with van der Waals surface area (Å²) in [4.78, 5) is 0. The van der Waals surface area contributed by atoms with Crippen molar-refractivity contribution in [2.24, 2.45) is 0 Å². The van der Waals surface area contributed by atoms with Gasteiger partial charge in [-0.1, -0.05) is 54.6 Å². The van der Waals surface area contributed by atoms with E-state index in [0.717, 1.165) is 6.07 Å². The Morgan fingerprint density at radius 3 is 2.33 bits per heavy atom. The molecule has 30 heavy (non-hydrogen) atoms. The van der Waals surface area contributed by atoms with Crippen molar-refractivity contribution in [3.05, 3.63) is 83.9 Å². The van der Waals surface area contributed by atoms with Gasteiger partial charge in [-0.3, -0.25) is 4.68 Å². The summed E-state index contributed by atoms with van der Waals surface area (Å²) in [5.41, 5.74) is 0.775. The van der Waals surface area contributed by atoms with Gasteiger partial charge in [0.25, 0.3) is 0 Å². The molecule has 0 unspecified atom stereocenters. The van der Waals surface area contributed by atoms with Crippen molar-refractivity contribution in [1.29, 1.82) is 0 Å². The Morgan fingerprint density at radius 2 is 1.63 bits per heavy atom. The molecule has 0 amide bonds. The summed E-state index contributed by atoms with van der Waals surface area (Å²) in [5, 5.41) is 4.61. The number of fused-ring (bicyclic) bond motifs is 1. The fraction of sp³-hybridized carbons (Fsp3) is 0.136. The summed E-state index contributed by atoms with van der Waals surface area (Å²) >= 11 is 0. The molecule has 1 heterocycles. The lowest BCUT2D eigenvalue weighted by Crippen LogP contribution is -2.07. The maximum Gasteiger partial charge on any atom is 0.418 e. The number of hydrogen-bond donors (Lipinski definition) is 0. The first kappa shape index (κ1) is 19.9. The maximum atomic E-state index is 13.5. The lowest BCUT2D eigenvalue weighted by atomic mass is 10.0. The first-order valence-electron chi connectivity index (χ1n) is 8.99. The highest BCUT2D eigenvalue weighted by atomic mass is 19.4. The second kappa shape index (κ2) is 7.78. The quantitative estimate of drug-likeness (QED) is 0.352. The molecule has 4 aromatic rings. The lowest BCUT2D eigenvalue weighted by molar-refractivity contribution is -0.136. The molecule has 0 N–H and O–H groups in total. The van der Waals surface area contributed by atoms with Crippen LogP contribution in [0.25, 0.3) is 22.2 Å². The summed E-state index contributed by atoms with van der Waals surface area (Å²) in [6, 6.07) is 18.9. The monoisotopic (exact) mass is 418 g/mol. The molecule has 0 bridgehead atoms. The Bertz CT molecular complexity index is 1170. The summed E-state index contributed by atoms with van der Waals surface area (Å²) in [6.07, 6.45) is -4.56. The second-order valence-corrected chi connectivity index (χ2v) is 6.60. The largest absolute Gasteiger partial charge is 0.435 e. The number of rotatable bonds is 5. The molecule has 154 valence electrons. The van der Waals surface area contributed by atoms with E-state index in [9.17, 15) is 22.0 Å². The van der Waals surface area contributed by atoms with Crippen LogP contribution in [0.4, 0.5) is 22.0 Å². The van der Waals surface area contributed by atoms with Gasteiger partial charge in [0, 0.05) is 10.9 Å². The van der Waals surface area contributed by atoms with Crippen LogP contribution in [0.1, 0.15) is 11.1 Å². The van der Waals surface area contributed by atoms with Crippen molar-refractivity contribution in [1.82, 2.24) is 9.78 Å². The predicted molar refractivity (Wildman–Crippen MR) is 102 cm³/mol.